The van der Waals surface area contributed by atoms with E-state index in [1.807, 2.05) is 0 Å². The number of allylic oxidation sites excluding steroid dienone is 3. The van der Waals surface area contributed by atoms with Gasteiger partial charge in [0.25, 0.3) is 0 Å². The summed E-state index contributed by atoms with van der Waals surface area (Å²) in [6.07, 6.45) is 3.81. The number of benzene rings is 1. The van der Waals surface area contributed by atoms with E-state index in [0.29, 0.717) is 33.1 Å². The van der Waals surface area contributed by atoms with Crippen molar-refractivity contribution >= 4 is 40.3 Å². The molecule has 1 aliphatic carbocycles. The van der Waals surface area contributed by atoms with Gasteiger partial charge in [0.05, 0.1) is 28.2 Å². The summed E-state index contributed by atoms with van der Waals surface area (Å²) in [5.41, 5.74) is 2.67. The molecule has 158 valence electrons. The highest BCUT2D eigenvalue weighted by molar-refractivity contribution is 7.11. The molecule has 1 atom stereocenters. The first-order valence-electron chi connectivity index (χ1n) is 9.26. The zero-order valence-corrected chi connectivity index (χ0v) is 18.0. The number of hydrogen-bond acceptors (Lipinski definition) is 5. The number of nitrogens with zero attached hydrogens (tertiary/aromatic N) is 1. The molecule has 1 aliphatic rings. The highest BCUT2D eigenvalue weighted by Gasteiger charge is 2.24. The zero-order valence-electron chi connectivity index (χ0n) is 16.5. The van der Waals surface area contributed by atoms with E-state index in [4.69, 9.17) is 11.6 Å². The quantitative estimate of drug-likeness (QED) is 0.603. The molecule has 2 aromatic rings. The zero-order chi connectivity index (χ0) is 21.8. The predicted octanol–water partition coefficient (Wildman–Crippen LogP) is 3.44. The van der Waals surface area contributed by atoms with Crippen LogP contribution in [0.1, 0.15) is 40.5 Å². The molecule has 3 rings (SSSR count). The van der Waals surface area contributed by atoms with Crippen LogP contribution in [0.5, 0.6) is 0 Å². The Labute approximate surface area is 182 Å². The molecular weight excluding hydrogens is 429 g/mol. The number of halogens is 2. The number of aryl methyl sites for hydroxylation is 1. The molecule has 1 unspecified atom stereocenters. The van der Waals surface area contributed by atoms with E-state index in [-0.39, 0.29) is 30.0 Å². The van der Waals surface area contributed by atoms with Crippen molar-refractivity contribution in [2.24, 2.45) is 0 Å². The van der Waals surface area contributed by atoms with Gasteiger partial charge in [0, 0.05) is 25.5 Å². The molecule has 9 heteroatoms. The number of thiazole rings is 1. The monoisotopic (exact) mass is 449 g/mol. The smallest absolute Gasteiger partial charge is 0.248 e. The Bertz CT molecular complexity index is 1050. The van der Waals surface area contributed by atoms with Gasteiger partial charge in [-0.3, -0.25) is 9.59 Å². The highest BCUT2D eigenvalue weighted by atomic mass is 35.5. The van der Waals surface area contributed by atoms with Crippen LogP contribution in [-0.4, -0.2) is 28.4 Å². The van der Waals surface area contributed by atoms with Crippen LogP contribution in [0, 0.1) is 12.7 Å². The van der Waals surface area contributed by atoms with Gasteiger partial charge in [-0.05, 0) is 30.2 Å². The van der Waals surface area contributed by atoms with Crippen LogP contribution >= 0.6 is 22.9 Å². The first-order chi connectivity index (χ1) is 14.3. The SMILES string of the molecule is CC(=O)NCC(NC(=O)C1=CC=C(c2ccc(Cl)c(F)c2)C1)c1nc(C)c(CO)s1. The van der Waals surface area contributed by atoms with Gasteiger partial charge in [-0.2, -0.15) is 0 Å². The lowest BCUT2D eigenvalue weighted by Gasteiger charge is -2.17. The molecule has 0 spiro atoms. The Morgan fingerprint density at radius 2 is 2.13 bits per heavy atom. The lowest BCUT2D eigenvalue weighted by molar-refractivity contribution is -0.120. The van der Waals surface area contributed by atoms with Crippen LogP contribution in [0.3, 0.4) is 0 Å². The van der Waals surface area contributed by atoms with Gasteiger partial charge in [-0.25, -0.2) is 9.37 Å². The van der Waals surface area contributed by atoms with Crippen LogP contribution in [-0.2, 0) is 16.2 Å². The number of aliphatic hydroxyl groups is 1. The van der Waals surface area contributed by atoms with E-state index in [1.54, 1.807) is 25.1 Å². The number of aliphatic hydroxyl groups excluding tert-OH is 1. The molecule has 0 saturated carbocycles. The molecule has 0 bridgehead atoms. The van der Waals surface area contributed by atoms with E-state index in [9.17, 15) is 19.1 Å². The number of carbonyl (C=O) groups is 2. The molecule has 2 amide bonds. The number of rotatable bonds is 7. The molecule has 0 fully saturated rings. The number of hydrogen-bond donors (Lipinski definition) is 3. The third-order valence-electron chi connectivity index (χ3n) is 4.66. The second-order valence-electron chi connectivity index (χ2n) is 6.87. The van der Waals surface area contributed by atoms with Crippen molar-refractivity contribution in [3.8, 4) is 0 Å². The minimum Gasteiger partial charge on any atom is -0.391 e. The first kappa shape index (κ1) is 22.1. The van der Waals surface area contributed by atoms with Gasteiger partial charge < -0.3 is 15.7 Å². The number of amides is 2. The molecule has 3 N–H and O–H groups in total. The second-order valence-corrected chi connectivity index (χ2v) is 8.39. The van der Waals surface area contributed by atoms with Gasteiger partial charge in [0.15, 0.2) is 0 Å². The molecule has 0 radical (unpaired) electrons. The van der Waals surface area contributed by atoms with Crippen LogP contribution in [0.15, 0.2) is 35.9 Å². The van der Waals surface area contributed by atoms with Crippen molar-refractivity contribution in [1.29, 1.82) is 0 Å². The third-order valence-corrected chi connectivity index (χ3v) is 6.22. The van der Waals surface area contributed by atoms with Gasteiger partial charge in [-0.15, -0.1) is 11.3 Å². The third kappa shape index (κ3) is 5.13. The summed E-state index contributed by atoms with van der Waals surface area (Å²) in [4.78, 5) is 29.3. The van der Waals surface area contributed by atoms with E-state index >= 15 is 0 Å². The minimum atomic E-state index is -0.539. The summed E-state index contributed by atoms with van der Waals surface area (Å²) in [5, 5.41) is 15.7. The number of nitrogens with one attached hydrogen (secondary N) is 2. The molecule has 0 aliphatic heterocycles. The minimum absolute atomic E-state index is 0.0464. The molecule has 6 nitrogen and oxygen atoms in total. The lowest BCUT2D eigenvalue weighted by Crippen LogP contribution is -2.37. The predicted molar refractivity (Wildman–Crippen MR) is 114 cm³/mol. The Morgan fingerprint density at radius 1 is 1.37 bits per heavy atom. The largest absolute Gasteiger partial charge is 0.391 e. The van der Waals surface area contributed by atoms with Crippen molar-refractivity contribution in [1.82, 2.24) is 15.6 Å². The molecule has 1 heterocycles. The van der Waals surface area contributed by atoms with Crippen LogP contribution < -0.4 is 10.6 Å². The van der Waals surface area contributed by atoms with Crippen molar-refractivity contribution in [3.63, 3.8) is 0 Å². The van der Waals surface area contributed by atoms with Gasteiger partial charge in [0.2, 0.25) is 11.8 Å². The molecule has 1 aromatic heterocycles. The van der Waals surface area contributed by atoms with Gasteiger partial charge >= 0.3 is 0 Å². The fraction of sp³-hybridized carbons (Fsp3) is 0.286. The first-order valence-corrected chi connectivity index (χ1v) is 10.5. The summed E-state index contributed by atoms with van der Waals surface area (Å²) >= 11 is 7.03. The van der Waals surface area contributed by atoms with Crippen molar-refractivity contribution in [2.45, 2.75) is 32.9 Å². The van der Waals surface area contributed by atoms with Crippen molar-refractivity contribution < 1.29 is 19.1 Å². The maximum absolute atomic E-state index is 13.7. The van der Waals surface area contributed by atoms with Crippen LogP contribution in [0.2, 0.25) is 5.02 Å². The summed E-state index contributed by atoms with van der Waals surface area (Å²) in [7, 11) is 0. The Morgan fingerprint density at radius 3 is 2.77 bits per heavy atom. The molecule has 0 saturated heterocycles. The van der Waals surface area contributed by atoms with Crippen molar-refractivity contribution in [2.75, 3.05) is 6.54 Å². The summed E-state index contributed by atoms with van der Waals surface area (Å²) in [5.74, 6) is -1.04. The average Bonchev–Trinajstić information content (AvgIpc) is 3.34. The topological polar surface area (TPSA) is 91.3 Å². The van der Waals surface area contributed by atoms with E-state index in [1.165, 1.54) is 30.4 Å². The van der Waals surface area contributed by atoms with Gasteiger partial charge in [0.1, 0.15) is 10.8 Å². The van der Waals surface area contributed by atoms with E-state index < -0.39 is 11.9 Å². The fourth-order valence-corrected chi connectivity index (χ4v) is 4.11. The summed E-state index contributed by atoms with van der Waals surface area (Å²) in [6, 6.07) is 4.00. The fourth-order valence-electron chi connectivity index (χ4n) is 3.02. The standard InChI is InChI=1S/C21H21ClFN3O3S/c1-11-19(10-27)30-21(25-11)18(9-24-12(2)28)26-20(29)15-4-3-13(7-15)14-5-6-16(22)17(23)8-14/h3-6,8,18,27H,7,9-10H2,1-2H3,(H,24,28)(H,26,29). The number of aromatic nitrogens is 1. The second kappa shape index (κ2) is 9.51. The number of carbonyl (C=O) groups excluding carboxylic acids is 2. The molecule has 1 aromatic carbocycles. The normalized spacial score (nSPS) is 14.2. The Hall–Kier alpha value is -2.55. The van der Waals surface area contributed by atoms with Crippen molar-refractivity contribution in [3.05, 3.63) is 67.9 Å². The van der Waals surface area contributed by atoms with Crippen LogP contribution in [0.4, 0.5) is 4.39 Å². The Balaban J connectivity index is 1.71. The Kier molecular flexibility index (Phi) is 7.02. The summed E-state index contributed by atoms with van der Waals surface area (Å²) < 4.78 is 13.7. The lowest BCUT2D eigenvalue weighted by atomic mass is 10.0. The average molecular weight is 450 g/mol. The molecule has 30 heavy (non-hydrogen) atoms. The van der Waals surface area contributed by atoms with Crippen LogP contribution in [0.25, 0.3) is 5.57 Å². The van der Waals surface area contributed by atoms with E-state index in [2.05, 4.69) is 15.6 Å². The highest BCUT2D eigenvalue weighted by Crippen LogP contribution is 2.31. The maximum Gasteiger partial charge on any atom is 0.248 e. The summed E-state index contributed by atoms with van der Waals surface area (Å²) in [6.45, 7) is 3.21. The van der Waals surface area contributed by atoms with Gasteiger partial charge in [-0.1, -0.05) is 29.8 Å². The van der Waals surface area contributed by atoms with E-state index in [0.717, 1.165) is 5.57 Å². The maximum atomic E-state index is 13.7. The molecular formula is C21H21ClFN3O3S.